The number of amides is 1. The van der Waals surface area contributed by atoms with Crippen LogP contribution in [0.1, 0.15) is 39.7 Å². The van der Waals surface area contributed by atoms with E-state index in [1.54, 1.807) is 37.3 Å². The van der Waals surface area contributed by atoms with Gasteiger partial charge in [-0.15, -0.1) is 11.3 Å². The third-order valence-corrected chi connectivity index (χ3v) is 5.55. The molecule has 2 aromatic rings. The van der Waals surface area contributed by atoms with Crippen LogP contribution < -0.4 is 5.32 Å². The first-order valence-electron chi connectivity index (χ1n) is 7.97. The summed E-state index contributed by atoms with van der Waals surface area (Å²) in [6.07, 6.45) is -0.261. The number of hydrogen-bond donors (Lipinski definition) is 2. The molecule has 0 spiro atoms. The summed E-state index contributed by atoms with van der Waals surface area (Å²) in [5.74, 6) is -2.11. The molecule has 6 nitrogen and oxygen atoms in total. The lowest BCUT2D eigenvalue weighted by Gasteiger charge is -2.24. The van der Waals surface area contributed by atoms with Crippen LogP contribution in [-0.2, 0) is 19.7 Å². The molecule has 1 heterocycles. The van der Waals surface area contributed by atoms with Gasteiger partial charge in [0.15, 0.2) is 0 Å². The van der Waals surface area contributed by atoms with Crippen molar-refractivity contribution < 1.29 is 24.2 Å². The molecule has 0 saturated carbocycles. The van der Waals surface area contributed by atoms with Crippen LogP contribution in [0.15, 0.2) is 30.3 Å². The maximum Gasteiger partial charge on any atom is 0.341 e. The van der Waals surface area contributed by atoms with Crippen molar-refractivity contribution >= 4 is 34.2 Å². The second kappa shape index (κ2) is 7.70. The number of aryl methyl sites for hydroxylation is 1. The summed E-state index contributed by atoms with van der Waals surface area (Å²) in [6, 6.07) is 8.61. The van der Waals surface area contributed by atoms with Gasteiger partial charge in [0.2, 0.25) is 5.91 Å². The lowest BCUT2D eigenvalue weighted by Crippen LogP contribution is -2.36. The van der Waals surface area contributed by atoms with E-state index in [1.807, 2.05) is 6.92 Å². The Balaban J connectivity index is 2.29. The molecule has 0 radical (unpaired) electrons. The van der Waals surface area contributed by atoms with Crippen molar-refractivity contribution in [2.75, 3.05) is 12.4 Å². The topological polar surface area (TPSA) is 92.7 Å². The molecule has 2 rings (SSSR count). The molecule has 0 aliphatic carbocycles. The van der Waals surface area contributed by atoms with Gasteiger partial charge in [-0.1, -0.05) is 30.3 Å². The van der Waals surface area contributed by atoms with Gasteiger partial charge >= 0.3 is 11.9 Å². The molecule has 0 aliphatic rings. The fourth-order valence-corrected chi connectivity index (χ4v) is 3.73. The van der Waals surface area contributed by atoms with Gasteiger partial charge in [-0.3, -0.25) is 9.59 Å². The predicted molar refractivity (Wildman–Crippen MR) is 99.8 cm³/mol. The molecule has 0 aliphatic heterocycles. The number of anilines is 1. The Hall–Kier alpha value is -2.67. The van der Waals surface area contributed by atoms with Gasteiger partial charge in [-0.2, -0.15) is 0 Å². The van der Waals surface area contributed by atoms with Gasteiger partial charge in [0.05, 0.1) is 18.1 Å². The Morgan fingerprint density at radius 1 is 1.19 bits per heavy atom. The number of thiophene rings is 1. The van der Waals surface area contributed by atoms with Crippen molar-refractivity contribution in [3.05, 3.63) is 51.9 Å². The van der Waals surface area contributed by atoms with Crippen LogP contribution in [0.5, 0.6) is 0 Å². The molecular weight excluding hydrogens is 354 g/mol. The summed E-state index contributed by atoms with van der Waals surface area (Å²) in [4.78, 5) is 37.3. The van der Waals surface area contributed by atoms with Crippen molar-refractivity contribution in [2.24, 2.45) is 0 Å². The summed E-state index contributed by atoms with van der Waals surface area (Å²) in [7, 11) is 1.28. The molecular formula is C19H21NO5S. The molecule has 0 fully saturated rings. The third-order valence-electron chi connectivity index (χ3n) is 4.42. The predicted octanol–water partition coefficient (Wildman–Crippen LogP) is 3.52. The number of carboxylic acid groups (broad SMARTS) is 1. The number of nitrogens with one attached hydrogen (secondary N) is 1. The number of methoxy groups -OCH3 is 1. The minimum atomic E-state index is -1.38. The highest BCUT2D eigenvalue weighted by Gasteiger charge is 2.38. The number of carbonyl (C=O) groups excluding carboxylic acids is 2. The smallest absolute Gasteiger partial charge is 0.341 e. The minimum absolute atomic E-state index is 0.261. The first-order valence-corrected chi connectivity index (χ1v) is 8.79. The SMILES string of the molecule is COC(=O)c1c(NC(=O)C[C@](C)(C(=O)O)c2ccccc2)sc(C)c1C. The van der Waals surface area contributed by atoms with Gasteiger partial charge in [0, 0.05) is 11.3 Å². The van der Waals surface area contributed by atoms with Crippen molar-refractivity contribution in [3.8, 4) is 0 Å². The summed E-state index contributed by atoms with van der Waals surface area (Å²) >= 11 is 1.26. The van der Waals surface area contributed by atoms with Crippen molar-refractivity contribution in [1.82, 2.24) is 0 Å². The lowest BCUT2D eigenvalue weighted by molar-refractivity contribution is -0.145. The Kier molecular flexibility index (Phi) is 5.82. The van der Waals surface area contributed by atoms with Crippen molar-refractivity contribution in [3.63, 3.8) is 0 Å². The van der Waals surface area contributed by atoms with E-state index in [2.05, 4.69) is 5.32 Å². The molecule has 7 heteroatoms. The Labute approximate surface area is 155 Å². The molecule has 0 unspecified atom stereocenters. The highest BCUT2D eigenvalue weighted by Crippen LogP contribution is 2.34. The molecule has 1 amide bonds. The fraction of sp³-hybridized carbons (Fsp3) is 0.316. The molecule has 1 aromatic carbocycles. The van der Waals surface area contributed by atoms with Gasteiger partial charge in [0.25, 0.3) is 0 Å². The molecule has 1 atom stereocenters. The van der Waals surface area contributed by atoms with Crippen molar-refractivity contribution in [2.45, 2.75) is 32.6 Å². The van der Waals surface area contributed by atoms with E-state index in [1.165, 1.54) is 25.4 Å². The van der Waals surface area contributed by atoms with Gasteiger partial charge in [-0.25, -0.2) is 4.79 Å². The third kappa shape index (κ3) is 3.77. The fourth-order valence-electron chi connectivity index (χ4n) is 2.66. The van der Waals surface area contributed by atoms with E-state index >= 15 is 0 Å². The number of ether oxygens (including phenoxy) is 1. The second-order valence-electron chi connectivity index (χ2n) is 6.21. The molecule has 0 saturated heterocycles. The summed E-state index contributed by atoms with van der Waals surface area (Å²) in [5.41, 5.74) is 0.202. The summed E-state index contributed by atoms with van der Waals surface area (Å²) in [5, 5.41) is 12.7. The standard InChI is InChI=1S/C19H21NO5S/c1-11-12(2)26-16(15(11)17(22)25-4)20-14(21)10-19(3,18(23)24)13-8-6-5-7-9-13/h5-9H,10H2,1-4H3,(H,20,21)(H,23,24)/t19-/m0/s1. The maximum absolute atomic E-state index is 12.6. The summed E-state index contributed by atoms with van der Waals surface area (Å²) < 4.78 is 4.78. The average Bonchev–Trinajstić information content (AvgIpc) is 2.88. The normalized spacial score (nSPS) is 12.9. The summed E-state index contributed by atoms with van der Waals surface area (Å²) in [6.45, 7) is 5.13. The molecule has 138 valence electrons. The zero-order chi connectivity index (χ0) is 19.5. The van der Waals surface area contributed by atoms with Gasteiger partial charge in [-0.05, 0) is 31.9 Å². The monoisotopic (exact) mass is 375 g/mol. The van der Waals surface area contributed by atoms with E-state index in [0.717, 1.165) is 10.4 Å². The largest absolute Gasteiger partial charge is 0.481 e. The van der Waals surface area contributed by atoms with Gasteiger partial charge < -0.3 is 15.2 Å². The van der Waals surface area contributed by atoms with Crippen LogP contribution in [0.25, 0.3) is 0 Å². The first-order chi connectivity index (χ1) is 12.2. The van der Waals surface area contributed by atoms with E-state index in [0.29, 0.717) is 16.1 Å². The van der Waals surface area contributed by atoms with Crippen LogP contribution >= 0.6 is 11.3 Å². The number of aliphatic carboxylic acids is 1. The second-order valence-corrected chi connectivity index (χ2v) is 7.43. The van der Waals surface area contributed by atoms with Crippen molar-refractivity contribution in [1.29, 1.82) is 0 Å². The molecule has 2 N–H and O–H groups in total. The molecule has 0 bridgehead atoms. The average molecular weight is 375 g/mol. The first kappa shape index (κ1) is 19.7. The Morgan fingerprint density at radius 2 is 1.81 bits per heavy atom. The number of benzene rings is 1. The number of hydrogen-bond acceptors (Lipinski definition) is 5. The van der Waals surface area contributed by atoms with Crippen LogP contribution in [0.3, 0.4) is 0 Å². The van der Waals surface area contributed by atoms with E-state index in [4.69, 9.17) is 4.74 Å². The number of carboxylic acids is 1. The van der Waals surface area contributed by atoms with Crippen LogP contribution in [0.2, 0.25) is 0 Å². The van der Waals surface area contributed by atoms with E-state index < -0.39 is 23.3 Å². The van der Waals surface area contributed by atoms with Crippen LogP contribution in [0.4, 0.5) is 5.00 Å². The van der Waals surface area contributed by atoms with E-state index in [-0.39, 0.29) is 6.42 Å². The number of rotatable bonds is 6. The lowest BCUT2D eigenvalue weighted by atomic mass is 9.79. The van der Waals surface area contributed by atoms with Crippen LogP contribution in [-0.4, -0.2) is 30.1 Å². The van der Waals surface area contributed by atoms with Crippen LogP contribution in [0, 0.1) is 13.8 Å². The molecule has 1 aromatic heterocycles. The highest BCUT2D eigenvalue weighted by molar-refractivity contribution is 7.16. The minimum Gasteiger partial charge on any atom is -0.481 e. The van der Waals surface area contributed by atoms with Gasteiger partial charge in [0.1, 0.15) is 5.00 Å². The highest BCUT2D eigenvalue weighted by atomic mass is 32.1. The Morgan fingerprint density at radius 3 is 2.35 bits per heavy atom. The zero-order valence-corrected chi connectivity index (χ0v) is 15.9. The molecule has 26 heavy (non-hydrogen) atoms. The number of carbonyl (C=O) groups is 3. The Bertz CT molecular complexity index is 843. The van der Waals surface area contributed by atoms with E-state index in [9.17, 15) is 19.5 Å². The zero-order valence-electron chi connectivity index (χ0n) is 15.1. The number of esters is 1. The maximum atomic E-state index is 12.6. The quantitative estimate of drug-likeness (QED) is 0.754.